The molecule has 3 rings (SSSR count). The van der Waals surface area contributed by atoms with Crippen molar-refractivity contribution in [1.29, 1.82) is 0 Å². The van der Waals surface area contributed by atoms with Gasteiger partial charge >= 0.3 is 12.6 Å². The number of alkyl halides is 2. The minimum atomic E-state index is -3.00. The highest BCUT2D eigenvalue weighted by atomic mass is 19.3. The van der Waals surface area contributed by atoms with Gasteiger partial charge in [-0.25, -0.2) is 4.79 Å². The monoisotopic (exact) mass is 358 g/mol. The molecule has 2 amide bonds. The maximum atomic E-state index is 12.5. The van der Waals surface area contributed by atoms with Gasteiger partial charge < -0.3 is 20.1 Å². The summed E-state index contributed by atoms with van der Waals surface area (Å²) in [7, 11) is 1.34. The molecule has 0 unspecified atom stereocenters. The molecule has 0 heterocycles. The molecule has 0 radical (unpaired) electrons. The lowest BCUT2D eigenvalue weighted by Crippen LogP contribution is -2.19. The van der Waals surface area contributed by atoms with E-state index in [0.717, 1.165) is 10.8 Å². The average Bonchev–Trinajstić information content (AvgIpc) is 2.62. The second-order valence-corrected chi connectivity index (χ2v) is 5.35. The van der Waals surface area contributed by atoms with Crippen molar-refractivity contribution in [3.8, 4) is 11.5 Å². The van der Waals surface area contributed by atoms with Gasteiger partial charge in [0.2, 0.25) is 0 Å². The Hall–Kier alpha value is -3.35. The molecule has 3 aromatic rings. The quantitative estimate of drug-likeness (QED) is 0.668. The van der Waals surface area contributed by atoms with Gasteiger partial charge in [0, 0.05) is 17.1 Å². The van der Waals surface area contributed by atoms with Gasteiger partial charge in [-0.3, -0.25) is 0 Å². The van der Waals surface area contributed by atoms with Crippen molar-refractivity contribution in [2.45, 2.75) is 6.61 Å². The van der Waals surface area contributed by atoms with E-state index < -0.39 is 12.6 Å². The third-order valence-electron chi connectivity index (χ3n) is 3.68. The van der Waals surface area contributed by atoms with Crippen LogP contribution in [0.2, 0.25) is 0 Å². The number of amides is 2. The largest absolute Gasteiger partial charge is 0.493 e. The summed E-state index contributed by atoms with van der Waals surface area (Å²) in [5.41, 5.74) is 0.928. The Morgan fingerprint density at radius 1 is 0.962 bits per heavy atom. The second-order valence-electron chi connectivity index (χ2n) is 5.35. The summed E-state index contributed by atoms with van der Waals surface area (Å²) < 4.78 is 34.3. The number of halogens is 2. The Morgan fingerprint density at radius 2 is 1.73 bits per heavy atom. The number of benzene rings is 3. The van der Waals surface area contributed by atoms with Crippen LogP contribution in [-0.4, -0.2) is 19.8 Å². The summed E-state index contributed by atoms with van der Waals surface area (Å²) in [5, 5.41) is 7.22. The van der Waals surface area contributed by atoms with Gasteiger partial charge in [-0.1, -0.05) is 36.4 Å². The zero-order valence-corrected chi connectivity index (χ0v) is 13.8. The van der Waals surface area contributed by atoms with E-state index in [2.05, 4.69) is 15.4 Å². The number of carbonyl (C=O) groups excluding carboxylic acids is 1. The van der Waals surface area contributed by atoms with Crippen LogP contribution in [0, 0.1) is 0 Å². The van der Waals surface area contributed by atoms with E-state index in [-0.39, 0.29) is 11.5 Å². The Bertz CT molecular complexity index is 926. The molecule has 0 aliphatic carbocycles. The summed E-state index contributed by atoms with van der Waals surface area (Å²) in [6.45, 7) is -3.00. The van der Waals surface area contributed by atoms with Crippen molar-refractivity contribution < 1.29 is 23.0 Å². The molecule has 0 saturated carbocycles. The minimum absolute atomic E-state index is 0.144. The van der Waals surface area contributed by atoms with Crippen LogP contribution >= 0.6 is 0 Å². The predicted molar refractivity (Wildman–Crippen MR) is 96.2 cm³/mol. The van der Waals surface area contributed by atoms with Crippen LogP contribution in [0.15, 0.2) is 60.7 Å². The SMILES string of the molecule is COc1ccc(NC(=O)Nc2cccc3ccccc23)cc1OC(F)F. The first-order valence-corrected chi connectivity index (χ1v) is 7.75. The third-order valence-corrected chi connectivity index (χ3v) is 3.68. The Kier molecular flexibility index (Phi) is 5.17. The summed E-state index contributed by atoms with van der Waals surface area (Å²) in [4.78, 5) is 12.3. The molecule has 0 saturated heterocycles. The molecule has 0 bridgehead atoms. The van der Waals surface area contributed by atoms with Crippen LogP contribution in [0.5, 0.6) is 11.5 Å². The van der Waals surface area contributed by atoms with Crippen molar-refractivity contribution in [1.82, 2.24) is 0 Å². The van der Waals surface area contributed by atoms with Gasteiger partial charge in [-0.15, -0.1) is 0 Å². The van der Waals surface area contributed by atoms with E-state index in [1.165, 1.54) is 25.3 Å². The number of anilines is 2. The molecule has 2 N–H and O–H groups in total. The molecule has 5 nitrogen and oxygen atoms in total. The van der Waals surface area contributed by atoms with E-state index in [1.807, 2.05) is 36.4 Å². The molecule has 0 fully saturated rings. The Morgan fingerprint density at radius 3 is 2.50 bits per heavy atom. The molecule has 7 heteroatoms. The summed E-state index contributed by atoms with van der Waals surface area (Å²) in [6, 6.07) is 16.9. The zero-order valence-electron chi connectivity index (χ0n) is 13.8. The van der Waals surface area contributed by atoms with Gasteiger partial charge in [0.25, 0.3) is 0 Å². The highest BCUT2D eigenvalue weighted by molar-refractivity contribution is 6.06. The van der Waals surface area contributed by atoms with E-state index in [9.17, 15) is 13.6 Å². The normalized spacial score (nSPS) is 10.6. The highest BCUT2D eigenvalue weighted by Crippen LogP contribution is 2.31. The second kappa shape index (κ2) is 7.69. The first kappa shape index (κ1) is 17.5. The maximum Gasteiger partial charge on any atom is 0.387 e. The van der Waals surface area contributed by atoms with Crippen LogP contribution in [0.3, 0.4) is 0 Å². The number of nitrogens with one attached hydrogen (secondary N) is 2. The highest BCUT2D eigenvalue weighted by Gasteiger charge is 2.13. The number of fused-ring (bicyclic) bond motifs is 1. The molecule has 134 valence electrons. The number of rotatable bonds is 5. The van der Waals surface area contributed by atoms with Gasteiger partial charge in [-0.2, -0.15) is 8.78 Å². The minimum Gasteiger partial charge on any atom is -0.493 e. The van der Waals surface area contributed by atoms with Crippen molar-refractivity contribution >= 4 is 28.2 Å². The molecule has 3 aromatic carbocycles. The lowest BCUT2D eigenvalue weighted by atomic mass is 10.1. The number of hydrogen-bond donors (Lipinski definition) is 2. The fourth-order valence-electron chi connectivity index (χ4n) is 2.56. The first-order chi connectivity index (χ1) is 12.6. The number of ether oxygens (including phenoxy) is 2. The van der Waals surface area contributed by atoms with E-state index in [0.29, 0.717) is 11.4 Å². The van der Waals surface area contributed by atoms with E-state index >= 15 is 0 Å². The van der Waals surface area contributed by atoms with Crippen molar-refractivity contribution in [2.24, 2.45) is 0 Å². The zero-order chi connectivity index (χ0) is 18.5. The van der Waals surface area contributed by atoms with Gasteiger partial charge in [0.1, 0.15) is 0 Å². The van der Waals surface area contributed by atoms with Crippen LogP contribution in [0.1, 0.15) is 0 Å². The van der Waals surface area contributed by atoms with Crippen LogP contribution in [-0.2, 0) is 0 Å². The summed E-state index contributed by atoms with van der Waals surface area (Å²) in [5.74, 6) is -0.0178. The first-order valence-electron chi connectivity index (χ1n) is 7.75. The molecule has 0 atom stereocenters. The standard InChI is InChI=1S/C19H16F2N2O3/c1-25-16-10-9-13(11-17(16)26-18(20)21)22-19(24)23-15-8-4-6-12-5-2-3-7-14(12)15/h2-11,18H,1H3,(H2,22,23,24). The fourth-order valence-corrected chi connectivity index (χ4v) is 2.56. The smallest absolute Gasteiger partial charge is 0.387 e. The topological polar surface area (TPSA) is 59.6 Å². The molecular formula is C19H16F2N2O3. The van der Waals surface area contributed by atoms with E-state index in [4.69, 9.17) is 4.74 Å². The summed E-state index contributed by atoms with van der Waals surface area (Å²) >= 11 is 0. The van der Waals surface area contributed by atoms with Crippen molar-refractivity contribution in [2.75, 3.05) is 17.7 Å². The molecule has 26 heavy (non-hydrogen) atoms. The third kappa shape index (κ3) is 4.00. The average molecular weight is 358 g/mol. The molecular weight excluding hydrogens is 342 g/mol. The number of carbonyl (C=O) groups is 1. The van der Waals surface area contributed by atoms with Crippen LogP contribution < -0.4 is 20.1 Å². The molecule has 0 aliphatic heterocycles. The summed E-state index contributed by atoms with van der Waals surface area (Å²) in [6.07, 6.45) is 0. The Balaban J connectivity index is 1.77. The van der Waals surface area contributed by atoms with Crippen molar-refractivity contribution in [3.63, 3.8) is 0 Å². The number of urea groups is 1. The van der Waals surface area contributed by atoms with Gasteiger partial charge in [0.05, 0.1) is 12.8 Å². The molecule has 0 spiro atoms. The maximum absolute atomic E-state index is 12.5. The lowest BCUT2D eigenvalue weighted by Gasteiger charge is -2.13. The Labute approximate surface area is 148 Å². The van der Waals surface area contributed by atoms with Crippen molar-refractivity contribution in [3.05, 3.63) is 60.7 Å². The number of hydrogen-bond acceptors (Lipinski definition) is 3. The molecule has 0 aromatic heterocycles. The lowest BCUT2D eigenvalue weighted by molar-refractivity contribution is -0.0511. The van der Waals surface area contributed by atoms with Crippen LogP contribution in [0.4, 0.5) is 25.0 Å². The molecule has 0 aliphatic rings. The fraction of sp³-hybridized carbons (Fsp3) is 0.105. The van der Waals surface area contributed by atoms with E-state index in [1.54, 1.807) is 6.07 Å². The van der Waals surface area contributed by atoms with Gasteiger partial charge in [-0.05, 0) is 23.6 Å². The number of methoxy groups -OCH3 is 1. The van der Waals surface area contributed by atoms with Crippen LogP contribution in [0.25, 0.3) is 10.8 Å². The van der Waals surface area contributed by atoms with Gasteiger partial charge in [0.15, 0.2) is 11.5 Å². The predicted octanol–water partition coefficient (Wildman–Crippen LogP) is 5.09.